The molecule has 1 amide bonds. The van der Waals surface area contributed by atoms with Crippen molar-refractivity contribution in [3.05, 3.63) is 80.3 Å². The van der Waals surface area contributed by atoms with E-state index in [0.717, 1.165) is 16.9 Å². The Morgan fingerprint density at radius 3 is 2.47 bits per heavy atom. The topological polar surface area (TPSA) is 106 Å². The number of carbonyl (C=O) groups is 3. The number of aryl methyl sites for hydroxylation is 2. The van der Waals surface area contributed by atoms with E-state index in [0.29, 0.717) is 27.6 Å². The molecule has 2 aromatic carbocycles. The van der Waals surface area contributed by atoms with Crippen LogP contribution in [0.1, 0.15) is 45.0 Å². The van der Waals surface area contributed by atoms with Gasteiger partial charge in [-0.2, -0.15) is 0 Å². The number of aromatic nitrogens is 1. The van der Waals surface area contributed by atoms with Gasteiger partial charge in [0.15, 0.2) is 5.13 Å². The summed E-state index contributed by atoms with van der Waals surface area (Å²) < 4.78 is 10.4. The number of carbonyl (C=O) groups excluding carboxylic acids is 3. The second-order valence-corrected chi connectivity index (χ2v) is 9.45. The molecule has 1 aromatic heterocycles. The maximum absolute atomic E-state index is 13.3. The number of methoxy groups -OCH3 is 1. The summed E-state index contributed by atoms with van der Waals surface area (Å²) in [5, 5.41) is 11.9. The summed E-state index contributed by atoms with van der Waals surface area (Å²) in [7, 11) is 1.54. The summed E-state index contributed by atoms with van der Waals surface area (Å²) in [6, 6.07) is 10.6. The van der Waals surface area contributed by atoms with Crippen LogP contribution >= 0.6 is 22.9 Å². The van der Waals surface area contributed by atoms with Crippen molar-refractivity contribution >= 4 is 51.5 Å². The van der Waals surface area contributed by atoms with Crippen LogP contribution in [-0.2, 0) is 14.3 Å². The largest absolute Gasteiger partial charge is 0.507 e. The molecule has 1 aliphatic heterocycles. The molecule has 10 heteroatoms. The van der Waals surface area contributed by atoms with Crippen molar-refractivity contribution in [1.29, 1.82) is 0 Å². The van der Waals surface area contributed by atoms with Crippen molar-refractivity contribution < 1.29 is 29.0 Å². The Labute approximate surface area is 216 Å². The standard InChI is InChI=1S/C26H23ClN2O6S/c1-5-35-25(33)23-14(3)28-26(36-23)29-20(15-6-9-17(27)10-7-15)19(22(31)24(29)32)21(30)16-8-11-18(34-4)13(2)12-16/h6-12,20,30H,5H2,1-4H3/b21-19+/t20-/m0/s1. The van der Waals surface area contributed by atoms with Gasteiger partial charge < -0.3 is 14.6 Å². The normalized spacial score (nSPS) is 16.9. The second kappa shape index (κ2) is 10.1. The number of nitrogens with zero attached hydrogens (tertiary/aromatic N) is 2. The zero-order valence-corrected chi connectivity index (χ0v) is 21.6. The zero-order chi connectivity index (χ0) is 26.1. The molecule has 36 heavy (non-hydrogen) atoms. The minimum Gasteiger partial charge on any atom is -0.507 e. The van der Waals surface area contributed by atoms with E-state index in [1.807, 2.05) is 0 Å². The average molecular weight is 527 g/mol. The van der Waals surface area contributed by atoms with Crippen molar-refractivity contribution in [3.8, 4) is 5.75 Å². The molecule has 0 spiro atoms. The highest BCUT2D eigenvalue weighted by atomic mass is 35.5. The van der Waals surface area contributed by atoms with Crippen molar-refractivity contribution in [2.24, 2.45) is 0 Å². The van der Waals surface area contributed by atoms with Crippen LogP contribution in [0.3, 0.4) is 0 Å². The molecule has 0 saturated carbocycles. The minimum absolute atomic E-state index is 0.0996. The molecule has 1 aliphatic rings. The number of anilines is 1. The quantitative estimate of drug-likeness (QED) is 0.203. The van der Waals surface area contributed by atoms with Gasteiger partial charge >= 0.3 is 11.9 Å². The summed E-state index contributed by atoms with van der Waals surface area (Å²) in [6.45, 7) is 5.30. The first kappa shape index (κ1) is 25.4. The van der Waals surface area contributed by atoms with E-state index in [2.05, 4.69) is 4.98 Å². The van der Waals surface area contributed by atoms with Gasteiger partial charge in [-0.1, -0.05) is 35.1 Å². The van der Waals surface area contributed by atoms with Crippen LogP contribution < -0.4 is 9.64 Å². The van der Waals surface area contributed by atoms with Gasteiger partial charge in [0, 0.05) is 10.6 Å². The molecule has 3 aromatic rings. The van der Waals surface area contributed by atoms with Gasteiger partial charge in [-0.05, 0) is 62.2 Å². The molecule has 0 unspecified atom stereocenters. The monoisotopic (exact) mass is 526 g/mol. The SMILES string of the molecule is CCOC(=O)c1sc(N2C(=O)C(=O)/C(=C(/O)c3ccc(OC)c(C)c3)[C@@H]2c2ccc(Cl)cc2)nc1C. The number of rotatable bonds is 6. The van der Waals surface area contributed by atoms with E-state index >= 15 is 0 Å². The van der Waals surface area contributed by atoms with Crippen LogP contribution in [0.4, 0.5) is 5.13 Å². The molecule has 0 bridgehead atoms. The molecule has 4 rings (SSSR count). The first-order valence-corrected chi connectivity index (χ1v) is 12.2. The fraction of sp³-hybridized carbons (Fsp3) is 0.231. The van der Waals surface area contributed by atoms with Gasteiger partial charge in [0.05, 0.1) is 31.0 Å². The first-order valence-electron chi connectivity index (χ1n) is 11.0. The number of hydrogen-bond donors (Lipinski definition) is 1. The fourth-order valence-corrected chi connectivity index (χ4v) is 5.16. The fourth-order valence-electron chi connectivity index (χ4n) is 4.04. The smallest absolute Gasteiger partial charge is 0.350 e. The Bertz CT molecular complexity index is 1400. The lowest BCUT2D eigenvalue weighted by molar-refractivity contribution is -0.132. The summed E-state index contributed by atoms with van der Waals surface area (Å²) >= 11 is 7.03. The number of ketones is 1. The maximum Gasteiger partial charge on any atom is 0.350 e. The number of hydrogen-bond acceptors (Lipinski definition) is 8. The number of halogens is 1. The van der Waals surface area contributed by atoms with Crippen LogP contribution in [0, 0.1) is 13.8 Å². The predicted molar refractivity (Wildman–Crippen MR) is 137 cm³/mol. The molecule has 1 fully saturated rings. The summed E-state index contributed by atoms with van der Waals surface area (Å²) in [5.41, 5.74) is 1.91. The lowest BCUT2D eigenvalue weighted by Crippen LogP contribution is -2.29. The van der Waals surface area contributed by atoms with Crippen molar-refractivity contribution in [2.45, 2.75) is 26.8 Å². The van der Waals surface area contributed by atoms with E-state index in [9.17, 15) is 19.5 Å². The highest BCUT2D eigenvalue weighted by Gasteiger charge is 2.48. The van der Waals surface area contributed by atoms with E-state index in [-0.39, 0.29) is 27.9 Å². The number of esters is 1. The second-order valence-electron chi connectivity index (χ2n) is 8.04. The predicted octanol–water partition coefficient (Wildman–Crippen LogP) is 5.22. The number of benzene rings is 2. The highest BCUT2D eigenvalue weighted by Crippen LogP contribution is 2.44. The highest BCUT2D eigenvalue weighted by molar-refractivity contribution is 7.17. The van der Waals surface area contributed by atoms with E-state index in [1.165, 1.54) is 12.0 Å². The first-order chi connectivity index (χ1) is 17.2. The molecule has 1 N–H and O–H groups in total. The molecule has 1 saturated heterocycles. The van der Waals surface area contributed by atoms with Gasteiger partial charge in [-0.25, -0.2) is 9.78 Å². The zero-order valence-electron chi connectivity index (χ0n) is 20.0. The number of aliphatic hydroxyl groups excluding tert-OH is 1. The molecule has 0 radical (unpaired) electrons. The molecule has 186 valence electrons. The Morgan fingerprint density at radius 2 is 1.86 bits per heavy atom. The molecule has 8 nitrogen and oxygen atoms in total. The van der Waals surface area contributed by atoms with Gasteiger partial charge in [0.1, 0.15) is 16.4 Å². The molecule has 2 heterocycles. The van der Waals surface area contributed by atoms with E-state index < -0.39 is 23.7 Å². The van der Waals surface area contributed by atoms with E-state index in [1.54, 1.807) is 63.2 Å². The lowest BCUT2D eigenvalue weighted by atomic mass is 9.95. The summed E-state index contributed by atoms with van der Waals surface area (Å²) in [5.74, 6) is -2.02. The van der Waals surface area contributed by atoms with Crippen LogP contribution in [0.5, 0.6) is 5.75 Å². The van der Waals surface area contributed by atoms with E-state index in [4.69, 9.17) is 21.1 Å². The maximum atomic E-state index is 13.3. The summed E-state index contributed by atoms with van der Waals surface area (Å²) in [4.78, 5) is 44.8. The number of thiazole rings is 1. The van der Waals surface area contributed by atoms with Crippen molar-refractivity contribution in [1.82, 2.24) is 4.98 Å². The molecule has 0 aliphatic carbocycles. The van der Waals surface area contributed by atoms with Gasteiger partial charge in [0.25, 0.3) is 5.78 Å². The number of amides is 1. The van der Waals surface area contributed by atoms with Gasteiger partial charge in [-0.15, -0.1) is 0 Å². The third kappa shape index (κ3) is 4.47. The van der Waals surface area contributed by atoms with Crippen LogP contribution in [0.25, 0.3) is 5.76 Å². The Morgan fingerprint density at radius 1 is 1.17 bits per heavy atom. The molecular weight excluding hydrogens is 504 g/mol. The van der Waals surface area contributed by atoms with Crippen molar-refractivity contribution in [3.63, 3.8) is 0 Å². The number of aliphatic hydroxyl groups is 1. The van der Waals surface area contributed by atoms with Gasteiger partial charge in [-0.3, -0.25) is 14.5 Å². The number of ether oxygens (including phenoxy) is 2. The Balaban J connectivity index is 1.91. The lowest BCUT2D eigenvalue weighted by Gasteiger charge is -2.23. The average Bonchev–Trinajstić information content (AvgIpc) is 3.36. The molecule has 1 atom stereocenters. The van der Waals surface area contributed by atoms with Crippen LogP contribution in [-0.4, -0.2) is 41.5 Å². The van der Waals surface area contributed by atoms with Crippen LogP contribution in [0.2, 0.25) is 5.02 Å². The Kier molecular flexibility index (Phi) is 7.14. The molecular formula is C26H23ClN2O6S. The number of Topliss-reactive ketones (excluding diaryl/α,β-unsaturated/α-hetero) is 1. The third-order valence-electron chi connectivity index (χ3n) is 5.75. The van der Waals surface area contributed by atoms with Gasteiger partial charge in [0.2, 0.25) is 0 Å². The van der Waals surface area contributed by atoms with Crippen molar-refractivity contribution in [2.75, 3.05) is 18.6 Å². The summed E-state index contributed by atoms with van der Waals surface area (Å²) in [6.07, 6.45) is 0. The van der Waals surface area contributed by atoms with Crippen LogP contribution in [0.15, 0.2) is 48.0 Å². The minimum atomic E-state index is -0.995. The third-order valence-corrected chi connectivity index (χ3v) is 7.14. The Hall–Kier alpha value is -3.69.